The third-order valence-electron chi connectivity index (χ3n) is 4.53. The molecule has 3 nitrogen and oxygen atoms in total. The van der Waals surface area contributed by atoms with Crippen molar-refractivity contribution in [1.82, 2.24) is 5.32 Å². The minimum absolute atomic E-state index is 0.0410. The third kappa shape index (κ3) is 5.50. The van der Waals surface area contributed by atoms with Crippen LogP contribution in [0.3, 0.4) is 0 Å². The molecule has 1 aliphatic rings. The maximum absolute atomic E-state index is 12.0. The monoisotopic (exact) mass is 288 g/mol. The number of carbonyl (C=O) groups excluding carboxylic acids is 1. The summed E-state index contributed by atoms with van der Waals surface area (Å²) in [5, 5.41) is 6.34. The first-order valence-corrected chi connectivity index (χ1v) is 8.25. The van der Waals surface area contributed by atoms with Crippen molar-refractivity contribution in [3.8, 4) is 0 Å². The summed E-state index contributed by atoms with van der Waals surface area (Å²) in [6.45, 7) is 4.66. The second-order valence-electron chi connectivity index (χ2n) is 6.34. The smallest absolute Gasteiger partial charge is 0.238 e. The summed E-state index contributed by atoms with van der Waals surface area (Å²) in [7, 11) is 0. The molecule has 1 fully saturated rings. The molecule has 21 heavy (non-hydrogen) atoms. The normalized spacial score (nSPS) is 18.0. The fraction of sp³-hybridized carbons (Fsp3) is 0.611. The Hall–Kier alpha value is -1.35. The van der Waals surface area contributed by atoms with Crippen molar-refractivity contribution in [2.24, 2.45) is 5.92 Å². The molecule has 0 radical (unpaired) electrons. The fourth-order valence-electron chi connectivity index (χ4n) is 3.07. The maximum atomic E-state index is 12.0. The molecule has 0 bridgehead atoms. The van der Waals surface area contributed by atoms with Gasteiger partial charge in [-0.2, -0.15) is 0 Å². The first kappa shape index (κ1) is 16.0. The summed E-state index contributed by atoms with van der Waals surface area (Å²) in [5.74, 6) is 0.763. The van der Waals surface area contributed by atoms with Crippen molar-refractivity contribution in [2.75, 3.05) is 11.9 Å². The van der Waals surface area contributed by atoms with Gasteiger partial charge in [-0.1, -0.05) is 43.4 Å². The van der Waals surface area contributed by atoms with Gasteiger partial charge < -0.3 is 10.6 Å². The van der Waals surface area contributed by atoms with Crippen LogP contribution in [0, 0.1) is 12.8 Å². The summed E-state index contributed by atoms with van der Waals surface area (Å²) >= 11 is 0. The van der Waals surface area contributed by atoms with Gasteiger partial charge in [-0.25, -0.2) is 0 Å². The topological polar surface area (TPSA) is 41.1 Å². The molecule has 1 saturated carbocycles. The highest BCUT2D eigenvalue weighted by Gasteiger charge is 2.19. The average molecular weight is 288 g/mol. The van der Waals surface area contributed by atoms with Gasteiger partial charge in [0.1, 0.15) is 0 Å². The molecular formula is C18H28N2O. The van der Waals surface area contributed by atoms with E-state index in [9.17, 15) is 4.79 Å². The van der Waals surface area contributed by atoms with Gasteiger partial charge in [-0.3, -0.25) is 4.79 Å². The highest BCUT2D eigenvalue weighted by atomic mass is 16.1. The Balaban J connectivity index is 1.73. The van der Waals surface area contributed by atoms with Gasteiger partial charge >= 0.3 is 0 Å². The first-order valence-electron chi connectivity index (χ1n) is 8.25. The molecule has 1 aromatic rings. The molecule has 0 aromatic heterocycles. The van der Waals surface area contributed by atoms with Crippen LogP contribution in [0.4, 0.5) is 5.69 Å². The van der Waals surface area contributed by atoms with E-state index in [1.165, 1.54) is 44.1 Å². The van der Waals surface area contributed by atoms with E-state index in [0.29, 0.717) is 12.6 Å². The van der Waals surface area contributed by atoms with Crippen molar-refractivity contribution < 1.29 is 4.79 Å². The molecular weight excluding hydrogens is 260 g/mol. The van der Waals surface area contributed by atoms with Crippen molar-refractivity contribution in [3.63, 3.8) is 0 Å². The minimum Gasteiger partial charge on any atom is -0.325 e. The molecule has 2 N–H and O–H groups in total. The van der Waals surface area contributed by atoms with Crippen LogP contribution in [0.15, 0.2) is 24.3 Å². The fourth-order valence-corrected chi connectivity index (χ4v) is 3.07. The Morgan fingerprint density at radius 3 is 2.38 bits per heavy atom. The van der Waals surface area contributed by atoms with E-state index in [1.807, 2.05) is 31.2 Å². The van der Waals surface area contributed by atoms with E-state index in [0.717, 1.165) is 11.6 Å². The van der Waals surface area contributed by atoms with Gasteiger partial charge in [0.05, 0.1) is 6.54 Å². The zero-order chi connectivity index (χ0) is 15.1. The lowest BCUT2D eigenvalue weighted by Gasteiger charge is -2.23. The Labute approximate surface area is 128 Å². The van der Waals surface area contributed by atoms with Crippen molar-refractivity contribution >= 4 is 11.6 Å². The van der Waals surface area contributed by atoms with E-state index in [1.54, 1.807) is 0 Å². The molecule has 0 heterocycles. The Morgan fingerprint density at radius 2 is 1.76 bits per heavy atom. The minimum atomic E-state index is 0.0410. The molecule has 1 atom stereocenters. The largest absolute Gasteiger partial charge is 0.325 e. The van der Waals surface area contributed by atoms with E-state index in [-0.39, 0.29) is 5.91 Å². The molecule has 116 valence electrons. The van der Waals surface area contributed by atoms with Crippen LogP contribution < -0.4 is 10.6 Å². The van der Waals surface area contributed by atoms with Crippen LogP contribution in [0.25, 0.3) is 0 Å². The number of hydrogen-bond acceptors (Lipinski definition) is 2. The third-order valence-corrected chi connectivity index (χ3v) is 4.53. The van der Waals surface area contributed by atoms with Crippen LogP contribution in [0.1, 0.15) is 51.0 Å². The predicted molar refractivity (Wildman–Crippen MR) is 88.5 cm³/mol. The second kappa shape index (κ2) is 8.18. The van der Waals surface area contributed by atoms with Crippen LogP contribution in [-0.4, -0.2) is 18.5 Å². The van der Waals surface area contributed by atoms with E-state index < -0.39 is 0 Å². The first-order chi connectivity index (χ1) is 10.1. The van der Waals surface area contributed by atoms with Gasteiger partial charge in [0.25, 0.3) is 0 Å². The van der Waals surface area contributed by atoms with Gasteiger partial charge in [-0.05, 0) is 44.7 Å². The average Bonchev–Trinajstić information content (AvgIpc) is 2.76. The van der Waals surface area contributed by atoms with E-state index in [2.05, 4.69) is 17.6 Å². The summed E-state index contributed by atoms with van der Waals surface area (Å²) in [4.78, 5) is 12.0. The molecule has 1 aromatic carbocycles. The lowest BCUT2D eigenvalue weighted by atomic mass is 9.93. The summed E-state index contributed by atoms with van der Waals surface area (Å²) in [6.07, 6.45) is 8.02. The van der Waals surface area contributed by atoms with Gasteiger partial charge in [-0.15, -0.1) is 0 Å². The SMILES string of the molecule is Cc1ccc(NC(=O)CN[C@@H](C)C2CCCCCC2)cc1. The molecule has 0 aliphatic heterocycles. The van der Waals surface area contributed by atoms with Crippen LogP contribution in [0.5, 0.6) is 0 Å². The Morgan fingerprint density at radius 1 is 1.14 bits per heavy atom. The van der Waals surface area contributed by atoms with Gasteiger partial charge in [0, 0.05) is 11.7 Å². The van der Waals surface area contributed by atoms with Crippen LogP contribution in [0.2, 0.25) is 0 Å². The highest BCUT2D eigenvalue weighted by molar-refractivity contribution is 5.92. The van der Waals surface area contributed by atoms with Crippen LogP contribution in [-0.2, 0) is 4.79 Å². The number of rotatable bonds is 5. The molecule has 3 heteroatoms. The number of carbonyl (C=O) groups is 1. The Kier molecular flexibility index (Phi) is 6.24. The van der Waals surface area contributed by atoms with Crippen LogP contribution >= 0.6 is 0 Å². The molecule has 2 rings (SSSR count). The van der Waals surface area contributed by atoms with E-state index >= 15 is 0 Å². The number of benzene rings is 1. The van der Waals surface area contributed by atoms with E-state index in [4.69, 9.17) is 0 Å². The van der Waals surface area contributed by atoms with Crippen molar-refractivity contribution in [1.29, 1.82) is 0 Å². The van der Waals surface area contributed by atoms with Gasteiger partial charge in [0.15, 0.2) is 0 Å². The lowest BCUT2D eigenvalue weighted by Crippen LogP contribution is -2.38. The number of aryl methyl sites for hydroxylation is 1. The highest BCUT2D eigenvalue weighted by Crippen LogP contribution is 2.25. The summed E-state index contributed by atoms with van der Waals surface area (Å²) in [6, 6.07) is 8.34. The summed E-state index contributed by atoms with van der Waals surface area (Å²) in [5.41, 5.74) is 2.07. The molecule has 0 saturated heterocycles. The zero-order valence-electron chi connectivity index (χ0n) is 13.3. The number of hydrogen-bond donors (Lipinski definition) is 2. The maximum Gasteiger partial charge on any atom is 0.238 e. The standard InChI is InChI=1S/C18H28N2O/c1-14-9-11-17(12-10-14)20-18(21)13-19-15(2)16-7-5-3-4-6-8-16/h9-12,15-16,19H,3-8,13H2,1-2H3,(H,20,21)/t15-/m0/s1. The molecule has 1 aliphatic carbocycles. The number of anilines is 1. The molecule has 0 spiro atoms. The zero-order valence-corrected chi connectivity index (χ0v) is 13.3. The predicted octanol–water partition coefficient (Wildman–Crippen LogP) is 3.88. The lowest BCUT2D eigenvalue weighted by molar-refractivity contribution is -0.115. The molecule has 1 amide bonds. The van der Waals surface area contributed by atoms with Crippen molar-refractivity contribution in [3.05, 3.63) is 29.8 Å². The summed E-state index contributed by atoms with van der Waals surface area (Å²) < 4.78 is 0. The van der Waals surface area contributed by atoms with Crippen molar-refractivity contribution in [2.45, 2.75) is 58.4 Å². The number of nitrogens with one attached hydrogen (secondary N) is 2. The second-order valence-corrected chi connectivity index (χ2v) is 6.34. The Bertz CT molecular complexity index is 433. The quantitative estimate of drug-likeness (QED) is 0.807. The molecule has 0 unspecified atom stereocenters. The van der Waals surface area contributed by atoms with Gasteiger partial charge in [0.2, 0.25) is 5.91 Å². The number of amides is 1.